The average molecular weight is 235 g/mol. The van der Waals surface area contributed by atoms with E-state index in [2.05, 4.69) is 25.8 Å². The lowest BCUT2D eigenvalue weighted by atomic mass is 10.3. The van der Waals surface area contributed by atoms with Gasteiger partial charge in [-0.25, -0.2) is 0 Å². The molecule has 5 nitrogen and oxygen atoms in total. The number of rotatable bonds is 2. The molecule has 0 radical (unpaired) electrons. The molecule has 0 atom stereocenters. The average Bonchev–Trinajstić information content (AvgIpc) is 2.17. The van der Waals surface area contributed by atoms with E-state index in [0.29, 0.717) is 5.69 Å². The molecule has 0 aliphatic heterocycles. The molecule has 0 aliphatic carbocycles. The van der Waals surface area contributed by atoms with Gasteiger partial charge in [0.25, 0.3) is 0 Å². The van der Waals surface area contributed by atoms with Gasteiger partial charge in [0.1, 0.15) is 0 Å². The van der Waals surface area contributed by atoms with Crippen LogP contribution in [0.15, 0.2) is 4.47 Å². The molecule has 1 aromatic rings. The maximum absolute atomic E-state index is 8.49. The predicted octanol–water partition coefficient (Wildman–Crippen LogP) is -0.339. The Morgan fingerprint density at radius 3 is 2.42 bits per heavy atom. The molecule has 12 heavy (non-hydrogen) atoms. The summed E-state index contributed by atoms with van der Waals surface area (Å²) in [6.45, 7) is 3.52. The zero-order chi connectivity index (χ0) is 9.30. The number of halogens is 1. The second-order valence-electron chi connectivity index (χ2n) is 2.29. The number of nitrogens with zero attached hydrogens (tertiary/aromatic N) is 2. The van der Waals surface area contributed by atoms with Gasteiger partial charge >= 0.3 is 7.32 Å². The quantitative estimate of drug-likeness (QED) is 0.688. The minimum absolute atomic E-state index is 0.681. The van der Waals surface area contributed by atoms with E-state index in [0.717, 1.165) is 15.0 Å². The van der Waals surface area contributed by atoms with Crippen molar-refractivity contribution >= 4 is 23.3 Å². The molecule has 0 spiro atoms. The van der Waals surface area contributed by atoms with Crippen LogP contribution in [0.3, 0.4) is 0 Å². The molecule has 0 saturated heterocycles. The van der Waals surface area contributed by atoms with Crippen LogP contribution < -0.4 is 4.76 Å². The number of hydrogen-bond acceptors (Lipinski definition) is 4. The Morgan fingerprint density at radius 1 is 1.50 bits per heavy atom. The highest BCUT2D eigenvalue weighted by atomic mass is 79.9. The van der Waals surface area contributed by atoms with Crippen molar-refractivity contribution in [1.29, 1.82) is 0 Å². The van der Waals surface area contributed by atoms with E-state index in [-0.39, 0.29) is 0 Å². The molecule has 0 amide bonds. The highest BCUT2D eigenvalue weighted by Gasteiger charge is 2.16. The zero-order valence-corrected chi connectivity index (χ0v) is 8.24. The minimum Gasteiger partial charge on any atom is -0.405 e. The topological polar surface area (TPSA) is 67.5 Å². The van der Waals surface area contributed by atoms with Crippen LogP contribution in [0, 0.1) is 13.8 Å². The molecule has 66 valence electrons. The summed E-state index contributed by atoms with van der Waals surface area (Å²) in [7, 11) is -1.85. The predicted molar refractivity (Wildman–Crippen MR) is 46.2 cm³/mol. The highest BCUT2D eigenvalue weighted by Crippen LogP contribution is 2.18. The SMILES string of the molecule is Cc1nn(OB(O)O)c(C)c1Br. The summed E-state index contributed by atoms with van der Waals surface area (Å²) in [4.78, 5) is 1.06. The maximum Gasteiger partial charge on any atom is 0.729 e. The molecule has 0 bridgehead atoms. The van der Waals surface area contributed by atoms with Crippen molar-refractivity contribution in [3.8, 4) is 0 Å². The van der Waals surface area contributed by atoms with Crippen LogP contribution in [-0.2, 0) is 0 Å². The van der Waals surface area contributed by atoms with Gasteiger partial charge in [0.15, 0.2) is 0 Å². The van der Waals surface area contributed by atoms with E-state index < -0.39 is 7.32 Å². The molecular weight excluding hydrogens is 227 g/mol. The Hall–Kier alpha value is -0.525. The summed E-state index contributed by atoms with van der Waals surface area (Å²) in [6, 6.07) is 0. The highest BCUT2D eigenvalue weighted by molar-refractivity contribution is 9.10. The summed E-state index contributed by atoms with van der Waals surface area (Å²) in [5.41, 5.74) is 1.41. The van der Waals surface area contributed by atoms with Crippen molar-refractivity contribution in [3.05, 3.63) is 15.9 Å². The lowest BCUT2D eigenvalue weighted by Gasteiger charge is -2.04. The van der Waals surface area contributed by atoms with Crippen molar-refractivity contribution in [2.24, 2.45) is 0 Å². The smallest absolute Gasteiger partial charge is 0.405 e. The van der Waals surface area contributed by atoms with Gasteiger partial charge < -0.3 is 14.8 Å². The molecule has 2 N–H and O–H groups in total. The molecular formula is C5H8BBrN2O3. The standard InChI is InChI=1S/C5H8BBrN2O3/c1-3-5(7)4(2)9(8-3)12-6(10)11/h10-11H,1-2H3. The fraction of sp³-hybridized carbons (Fsp3) is 0.400. The summed E-state index contributed by atoms with van der Waals surface area (Å²) < 4.78 is 5.33. The summed E-state index contributed by atoms with van der Waals surface area (Å²) >= 11 is 3.26. The second kappa shape index (κ2) is 3.46. The van der Waals surface area contributed by atoms with Crippen molar-refractivity contribution in [1.82, 2.24) is 9.94 Å². The maximum atomic E-state index is 8.49. The Balaban J connectivity index is 2.93. The summed E-state index contributed by atoms with van der Waals surface area (Å²) in [5.74, 6) is 0. The molecule has 0 unspecified atom stereocenters. The fourth-order valence-corrected chi connectivity index (χ4v) is 1.02. The Labute approximate surface area is 78.2 Å². The van der Waals surface area contributed by atoms with E-state index in [9.17, 15) is 0 Å². The van der Waals surface area contributed by atoms with Crippen LogP contribution in [-0.4, -0.2) is 27.3 Å². The van der Waals surface area contributed by atoms with Crippen LogP contribution in [0.4, 0.5) is 0 Å². The van der Waals surface area contributed by atoms with Gasteiger partial charge in [-0.3, -0.25) is 0 Å². The van der Waals surface area contributed by atoms with Crippen molar-refractivity contribution in [2.45, 2.75) is 13.8 Å². The summed E-state index contributed by atoms with van der Waals surface area (Å²) in [5, 5.41) is 20.9. The van der Waals surface area contributed by atoms with Gasteiger partial charge in [-0.05, 0) is 29.8 Å². The van der Waals surface area contributed by atoms with E-state index in [1.54, 1.807) is 13.8 Å². The molecule has 1 rings (SSSR count). The summed E-state index contributed by atoms with van der Waals surface area (Å²) in [6.07, 6.45) is 0. The van der Waals surface area contributed by atoms with Gasteiger partial charge in [0.2, 0.25) is 0 Å². The lowest BCUT2D eigenvalue weighted by molar-refractivity contribution is 0.136. The monoisotopic (exact) mass is 234 g/mol. The van der Waals surface area contributed by atoms with Gasteiger partial charge in [-0.1, -0.05) is 0 Å². The molecule has 1 aromatic heterocycles. The Kier molecular flexibility index (Phi) is 2.76. The third-order valence-corrected chi connectivity index (χ3v) is 2.50. The van der Waals surface area contributed by atoms with Crippen LogP contribution in [0.25, 0.3) is 0 Å². The first kappa shape index (κ1) is 9.56. The normalized spacial score (nSPS) is 10.1. The first-order valence-electron chi connectivity index (χ1n) is 3.27. The van der Waals surface area contributed by atoms with Crippen LogP contribution in [0.5, 0.6) is 0 Å². The zero-order valence-electron chi connectivity index (χ0n) is 6.65. The Morgan fingerprint density at radius 2 is 2.08 bits per heavy atom. The third kappa shape index (κ3) is 1.79. The van der Waals surface area contributed by atoms with Gasteiger partial charge in [0, 0.05) is 0 Å². The minimum atomic E-state index is -1.85. The molecule has 1 heterocycles. The fourth-order valence-electron chi connectivity index (χ4n) is 0.793. The van der Waals surface area contributed by atoms with Gasteiger partial charge in [-0.15, -0.1) is 9.94 Å². The Bertz CT molecular complexity index is 288. The molecule has 7 heteroatoms. The second-order valence-corrected chi connectivity index (χ2v) is 3.08. The van der Waals surface area contributed by atoms with E-state index >= 15 is 0 Å². The number of hydrogen-bond donors (Lipinski definition) is 2. The third-order valence-electron chi connectivity index (χ3n) is 1.36. The van der Waals surface area contributed by atoms with Crippen LogP contribution >= 0.6 is 15.9 Å². The van der Waals surface area contributed by atoms with Gasteiger partial charge in [0.05, 0.1) is 15.9 Å². The van der Waals surface area contributed by atoms with Crippen molar-refractivity contribution < 1.29 is 14.8 Å². The molecule has 0 aromatic carbocycles. The molecule has 0 aliphatic rings. The van der Waals surface area contributed by atoms with E-state index in [1.165, 1.54) is 0 Å². The van der Waals surface area contributed by atoms with Gasteiger partial charge in [-0.2, -0.15) is 0 Å². The van der Waals surface area contributed by atoms with E-state index in [4.69, 9.17) is 10.0 Å². The number of aromatic nitrogens is 2. The largest absolute Gasteiger partial charge is 0.729 e. The molecule has 0 saturated carbocycles. The number of aryl methyl sites for hydroxylation is 1. The van der Waals surface area contributed by atoms with Crippen LogP contribution in [0.2, 0.25) is 0 Å². The lowest BCUT2D eigenvalue weighted by Crippen LogP contribution is -2.30. The van der Waals surface area contributed by atoms with Crippen LogP contribution in [0.1, 0.15) is 11.4 Å². The first-order valence-corrected chi connectivity index (χ1v) is 4.06. The van der Waals surface area contributed by atoms with Crippen molar-refractivity contribution in [2.75, 3.05) is 0 Å². The first-order chi connectivity index (χ1) is 5.52. The van der Waals surface area contributed by atoms with Crippen molar-refractivity contribution in [3.63, 3.8) is 0 Å². The molecule has 0 fully saturated rings. The van der Waals surface area contributed by atoms with E-state index in [1.807, 2.05) is 0 Å².